The minimum atomic E-state index is -0.307. The van der Waals surface area contributed by atoms with Crippen molar-refractivity contribution in [2.24, 2.45) is 5.92 Å². The van der Waals surface area contributed by atoms with E-state index >= 15 is 0 Å². The smallest absolute Gasteiger partial charge is 0.245 e. The Bertz CT molecular complexity index is 456. The molecule has 2 amide bonds. The number of amides is 2. The first-order chi connectivity index (χ1) is 8.74. The van der Waals surface area contributed by atoms with Crippen LogP contribution in [0.15, 0.2) is 10.9 Å². The van der Waals surface area contributed by atoms with Crippen molar-refractivity contribution in [3.05, 3.63) is 16.6 Å². The topological polar surface area (TPSA) is 62.3 Å². The van der Waals surface area contributed by atoms with Crippen LogP contribution in [0.1, 0.15) is 25.0 Å². The molecule has 0 radical (unpaired) electrons. The van der Waals surface area contributed by atoms with Crippen molar-refractivity contribution in [2.45, 2.75) is 31.8 Å². The van der Waals surface area contributed by atoms with Crippen LogP contribution in [0, 0.1) is 5.92 Å². The maximum Gasteiger partial charge on any atom is 0.245 e. The number of carbonyl (C=O) groups is 2. The molecule has 1 aromatic heterocycles. The molecule has 2 aliphatic rings. The van der Waals surface area contributed by atoms with Crippen LogP contribution in [0.3, 0.4) is 0 Å². The number of hydrogen-bond acceptors (Lipinski definition) is 4. The first-order valence-electron chi connectivity index (χ1n) is 6.19. The Morgan fingerprint density at radius 1 is 1.44 bits per heavy atom. The van der Waals surface area contributed by atoms with E-state index in [9.17, 15) is 9.59 Å². The summed E-state index contributed by atoms with van der Waals surface area (Å²) in [4.78, 5) is 30.0. The van der Waals surface area contributed by atoms with E-state index in [1.807, 2.05) is 5.38 Å². The molecular weight excluding hydrogens is 250 g/mol. The molecule has 18 heavy (non-hydrogen) atoms. The van der Waals surface area contributed by atoms with Gasteiger partial charge in [-0.25, -0.2) is 4.98 Å². The Morgan fingerprint density at radius 2 is 2.28 bits per heavy atom. The lowest BCUT2D eigenvalue weighted by atomic mass is 10.1. The summed E-state index contributed by atoms with van der Waals surface area (Å²) in [6.07, 6.45) is 2.47. The van der Waals surface area contributed by atoms with E-state index in [4.69, 9.17) is 0 Å². The Hall–Kier alpha value is -1.43. The van der Waals surface area contributed by atoms with Crippen molar-refractivity contribution in [1.82, 2.24) is 15.2 Å². The van der Waals surface area contributed by atoms with Gasteiger partial charge in [-0.1, -0.05) is 0 Å². The molecule has 1 aliphatic carbocycles. The second-order valence-corrected chi connectivity index (χ2v) is 5.59. The summed E-state index contributed by atoms with van der Waals surface area (Å²) in [6.45, 7) is 1.01. The molecule has 6 heteroatoms. The summed E-state index contributed by atoms with van der Waals surface area (Å²) in [5, 5.41) is 4.80. The van der Waals surface area contributed by atoms with Crippen LogP contribution in [0.2, 0.25) is 0 Å². The molecule has 1 N–H and O–H groups in total. The molecule has 1 aliphatic heterocycles. The van der Waals surface area contributed by atoms with Gasteiger partial charge in [0.25, 0.3) is 0 Å². The van der Waals surface area contributed by atoms with Crippen molar-refractivity contribution in [1.29, 1.82) is 0 Å². The van der Waals surface area contributed by atoms with Crippen molar-refractivity contribution in [3.8, 4) is 0 Å². The zero-order valence-corrected chi connectivity index (χ0v) is 10.8. The number of nitrogens with zero attached hydrogens (tertiary/aromatic N) is 2. The van der Waals surface area contributed by atoms with Gasteiger partial charge in [0.1, 0.15) is 6.04 Å². The van der Waals surface area contributed by atoms with E-state index in [1.54, 1.807) is 10.4 Å². The highest BCUT2D eigenvalue weighted by molar-refractivity contribution is 7.07. The zero-order valence-electron chi connectivity index (χ0n) is 9.96. The molecule has 1 atom stereocenters. The second-order valence-electron chi connectivity index (χ2n) is 4.87. The predicted octanol–water partition coefficient (Wildman–Crippen LogP) is 0.770. The normalized spacial score (nSPS) is 24.9. The lowest BCUT2D eigenvalue weighted by Gasteiger charge is -2.23. The fourth-order valence-electron chi connectivity index (χ4n) is 2.27. The van der Waals surface area contributed by atoms with Gasteiger partial charge >= 0.3 is 0 Å². The first-order valence-corrected chi connectivity index (χ1v) is 7.13. The van der Waals surface area contributed by atoms with Gasteiger partial charge in [0.2, 0.25) is 11.8 Å². The first kappa shape index (κ1) is 11.6. The lowest BCUT2D eigenvalue weighted by Crippen LogP contribution is -2.45. The van der Waals surface area contributed by atoms with E-state index in [2.05, 4.69) is 10.3 Å². The standard InChI is InChI=1S/C12H15N3O2S/c16-10-3-4-15(5-9-6-18-7-13-9)12(17)11(14-10)8-1-2-8/h6-8,11H,1-5H2,(H,14,16). The van der Waals surface area contributed by atoms with Gasteiger partial charge in [0.15, 0.2) is 0 Å². The monoisotopic (exact) mass is 265 g/mol. The van der Waals surface area contributed by atoms with Gasteiger partial charge in [-0.05, 0) is 18.8 Å². The van der Waals surface area contributed by atoms with Gasteiger partial charge in [0.05, 0.1) is 17.7 Å². The molecule has 2 heterocycles. The van der Waals surface area contributed by atoms with Crippen molar-refractivity contribution in [2.75, 3.05) is 6.54 Å². The molecule has 0 bridgehead atoms. The minimum Gasteiger partial charge on any atom is -0.344 e. The Kier molecular flexibility index (Phi) is 3.03. The molecule has 1 unspecified atom stereocenters. The van der Waals surface area contributed by atoms with Crippen LogP contribution < -0.4 is 5.32 Å². The Balaban J connectivity index is 1.75. The third-order valence-electron chi connectivity index (χ3n) is 3.43. The molecule has 0 aromatic carbocycles. The number of aromatic nitrogens is 1. The van der Waals surface area contributed by atoms with E-state index in [0.717, 1.165) is 18.5 Å². The van der Waals surface area contributed by atoms with Crippen LogP contribution in [0.5, 0.6) is 0 Å². The van der Waals surface area contributed by atoms with E-state index in [0.29, 0.717) is 25.4 Å². The zero-order chi connectivity index (χ0) is 12.5. The highest BCUT2D eigenvalue weighted by Crippen LogP contribution is 2.34. The van der Waals surface area contributed by atoms with Crippen molar-refractivity contribution < 1.29 is 9.59 Å². The minimum absolute atomic E-state index is 0.0129. The van der Waals surface area contributed by atoms with E-state index < -0.39 is 0 Å². The lowest BCUT2D eigenvalue weighted by molar-refractivity contribution is -0.134. The van der Waals surface area contributed by atoms with Gasteiger partial charge < -0.3 is 10.2 Å². The van der Waals surface area contributed by atoms with Crippen LogP contribution in [-0.4, -0.2) is 34.3 Å². The summed E-state index contributed by atoms with van der Waals surface area (Å²) in [7, 11) is 0. The number of carbonyl (C=O) groups excluding carboxylic acids is 2. The molecule has 1 saturated carbocycles. The average molecular weight is 265 g/mol. The van der Waals surface area contributed by atoms with E-state index in [-0.39, 0.29) is 17.9 Å². The SMILES string of the molecule is O=C1CCN(Cc2cscn2)C(=O)C(C2CC2)N1. The molecule has 2 fully saturated rings. The summed E-state index contributed by atoms with van der Waals surface area (Å²) in [5.74, 6) is 0.384. The van der Waals surface area contributed by atoms with Crippen LogP contribution in [0.4, 0.5) is 0 Å². The average Bonchev–Trinajstić information content (AvgIpc) is 3.09. The molecular formula is C12H15N3O2S. The Labute approximate surface area is 109 Å². The maximum atomic E-state index is 12.4. The van der Waals surface area contributed by atoms with Crippen molar-refractivity contribution in [3.63, 3.8) is 0 Å². The fourth-order valence-corrected chi connectivity index (χ4v) is 2.82. The molecule has 1 aromatic rings. The van der Waals surface area contributed by atoms with Gasteiger partial charge in [-0.3, -0.25) is 9.59 Å². The molecule has 5 nitrogen and oxygen atoms in total. The van der Waals surface area contributed by atoms with Gasteiger partial charge in [-0.15, -0.1) is 11.3 Å². The van der Waals surface area contributed by atoms with Crippen LogP contribution >= 0.6 is 11.3 Å². The highest BCUT2D eigenvalue weighted by atomic mass is 32.1. The largest absolute Gasteiger partial charge is 0.344 e. The number of nitrogens with one attached hydrogen (secondary N) is 1. The summed E-state index contributed by atoms with van der Waals surface area (Å²) in [5.41, 5.74) is 2.66. The quantitative estimate of drug-likeness (QED) is 0.878. The van der Waals surface area contributed by atoms with Crippen LogP contribution in [-0.2, 0) is 16.1 Å². The number of rotatable bonds is 3. The molecule has 0 spiro atoms. The molecule has 1 saturated heterocycles. The summed E-state index contributed by atoms with van der Waals surface area (Å²) >= 11 is 1.52. The Morgan fingerprint density at radius 3 is 2.94 bits per heavy atom. The maximum absolute atomic E-state index is 12.4. The predicted molar refractivity (Wildman–Crippen MR) is 66.8 cm³/mol. The second kappa shape index (κ2) is 4.68. The van der Waals surface area contributed by atoms with E-state index in [1.165, 1.54) is 11.3 Å². The molecule has 3 rings (SSSR count). The summed E-state index contributed by atoms with van der Waals surface area (Å²) in [6, 6.07) is -0.307. The summed E-state index contributed by atoms with van der Waals surface area (Å²) < 4.78 is 0. The van der Waals surface area contributed by atoms with Crippen LogP contribution in [0.25, 0.3) is 0 Å². The fraction of sp³-hybridized carbons (Fsp3) is 0.583. The third kappa shape index (κ3) is 2.38. The highest BCUT2D eigenvalue weighted by Gasteiger charge is 2.40. The third-order valence-corrected chi connectivity index (χ3v) is 4.07. The van der Waals surface area contributed by atoms with Gasteiger partial charge in [0, 0.05) is 18.3 Å². The number of hydrogen-bond donors (Lipinski definition) is 1. The van der Waals surface area contributed by atoms with Gasteiger partial charge in [-0.2, -0.15) is 0 Å². The molecule has 96 valence electrons. The van der Waals surface area contributed by atoms with Crippen molar-refractivity contribution >= 4 is 23.2 Å². The number of thiazole rings is 1.